The number of aromatic nitrogens is 2. The maximum absolute atomic E-state index is 12.9. The second kappa shape index (κ2) is 6.83. The second-order valence-electron chi connectivity index (χ2n) is 6.64. The molecule has 7 heteroatoms. The number of pyridine rings is 1. The molecule has 4 rings (SSSR count). The van der Waals surface area contributed by atoms with Gasteiger partial charge in [-0.2, -0.15) is 0 Å². The maximum Gasteiger partial charge on any atom is 0.339 e. The second-order valence-corrected chi connectivity index (χ2v) is 6.64. The van der Waals surface area contributed by atoms with E-state index in [0.29, 0.717) is 11.3 Å². The molecule has 1 N–H and O–H groups in total. The average Bonchev–Trinajstić information content (AvgIpc) is 3.27. The van der Waals surface area contributed by atoms with Crippen LogP contribution >= 0.6 is 0 Å². The van der Waals surface area contributed by atoms with Crippen molar-refractivity contribution in [2.45, 2.75) is 39.2 Å². The van der Waals surface area contributed by atoms with E-state index in [1.165, 1.54) is 6.92 Å². The highest BCUT2D eigenvalue weighted by molar-refractivity contribution is 6.06. The van der Waals surface area contributed by atoms with E-state index in [0.717, 1.165) is 41.4 Å². The largest absolute Gasteiger partial charge is 0.449 e. The number of nitrogens with zero attached hydrogens (tertiary/aromatic N) is 2. The number of ether oxygens (including phenoxy) is 1. The molecule has 1 amide bonds. The number of carbonyl (C=O) groups is 2. The molecule has 1 aliphatic rings. The van der Waals surface area contributed by atoms with Gasteiger partial charge in [-0.15, -0.1) is 0 Å². The topological polar surface area (TPSA) is 94.3 Å². The van der Waals surface area contributed by atoms with Crippen LogP contribution in [0.25, 0.3) is 10.9 Å². The summed E-state index contributed by atoms with van der Waals surface area (Å²) >= 11 is 0. The van der Waals surface area contributed by atoms with E-state index in [-0.39, 0.29) is 5.82 Å². The molecule has 3 aromatic rings. The number of fused-ring (bicyclic) bond motifs is 2. The molecule has 0 saturated carbocycles. The van der Waals surface area contributed by atoms with E-state index in [1.807, 2.05) is 24.3 Å². The maximum atomic E-state index is 12.9. The van der Waals surface area contributed by atoms with Crippen LogP contribution in [0, 0.1) is 6.92 Å². The summed E-state index contributed by atoms with van der Waals surface area (Å²) in [6, 6.07) is 9.09. The van der Waals surface area contributed by atoms with Crippen LogP contribution in [-0.4, -0.2) is 28.1 Å². The molecule has 138 valence electrons. The molecular formula is C20H19N3O4. The van der Waals surface area contributed by atoms with Crippen LogP contribution in [0.5, 0.6) is 0 Å². The van der Waals surface area contributed by atoms with Gasteiger partial charge in [0.05, 0.1) is 11.1 Å². The van der Waals surface area contributed by atoms with Crippen LogP contribution in [0.4, 0.5) is 5.82 Å². The van der Waals surface area contributed by atoms with Crippen LogP contribution in [0.3, 0.4) is 0 Å². The Morgan fingerprint density at radius 3 is 2.85 bits per heavy atom. The summed E-state index contributed by atoms with van der Waals surface area (Å²) in [6.07, 6.45) is 1.62. The zero-order chi connectivity index (χ0) is 19.0. The van der Waals surface area contributed by atoms with Crippen molar-refractivity contribution in [2.75, 3.05) is 5.32 Å². The third-order valence-corrected chi connectivity index (χ3v) is 4.66. The third kappa shape index (κ3) is 3.28. The summed E-state index contributed by atoms with van der Waals surface area (Å²) in [5.41, 5.74) is 3.15. The first-order valence-corrected chi connectivity index (χ1v) is 8.88. The van der Waals surface area contributed by atoms with Gasteiger partial charge >= 0.3 is 5.97 Å². The summed E-state index contributed by atoms with van der Waals surface area (Å²) < 4.78 is 10.4. The SMILES string of the molecule is Cc1cc(NC(=O)C(C)OC(=O)c2c3c(nc4ccccc24)CCC3)no1. The molecular weight excluding hydrogens is 346 g/mol. The Kier molecular flexibility index (Phi) is 4.35. The van der Waals surface area contributed by atoms with Crippen molar-refractivity contribution in [3.05, 3.63) is 52.9 Å². The van der Waals surface area contributed by atoms with Gasteiger partial charge in [0.25, 0.3) is 5.91 Å². The Bertz CT molecular complexity index is 1040. The molecule has 2 heterocycles. The highest BCUT2D eigenvalue weighted by Gasteiger charge is 2.27. The first-order valence-electron chi connectivity index (χ1n) is 8.88. The lowest BCUT2D eigenvalue weighted by molar-refractivity contribution is -0.123. The number of nitrogens with one attached hydrogen (secondary N) is 1. The Morgan fingerprint density at radius 2 is 2.07 bits per heavy atom. The van der Waals surface area contributed by atoms with Gasteiger partial charge < -0.3 is 14.6 Å². The lowest BCUT2D eigenvalue weighted by Crippen LogP contribution is -2.30. The number of hydrogen-bond acceptors (Lipinski definition) is 6. The Hall–Kier alpha value is -3.22. The van der Waals surface area contributed by atoms with Crippen LogP contribution in [-0.2, 0) is 22.4 Å². The molecule has 0 spiro atoms. The fourth-order valence-electron chi connectivity index (χ4n) is 3.37. The molecule has 7 nitrogen and oxygen atoms in total. The van der Waals surface area contributed by atoms with E-state index in [2.05, 4.69) is 15.5 Å². The number of anilines is 1. The molecule has 0 aliphatic heterocycles. The zero-order valence-corrected chi connectivity index (χ0v) is 15.1. The lowest BCUT2D eigenvalue weighted by Gasteiger charge is -2.15. The molecule has 0 saturated heterocycles. The fourth-order valence-corrected chi connectivity index (χ4v) is 3.37. The number of para-hydroxylation sites is 1. The summed E-state index contributed by atoms with van der Waals surface area (Å²) in [5.74, 6) is -0.109. The van der Waals surface area contributed by atoms with Crippen molar-refractivity contribution >= 4 is 28.6 Å². The molecule has 0 fully saturated rings. The van der Waals surface area contributed by atoms with Crippen molar-refractivity contribution in [3.63, 3.8) is 0 Å². The highest BCUT2D eigenvalue weighted by Crippen LogP contribution is 2.30. The normalized spacial score (nSPS) is 14.0. The quantitative estimate of drug-likeness (QED) is 0.714. The first kappa shape index (κ1) is 17.2. The monoisotopic (exact) mass is 365 g/mol. The predicted octanol–water partition coefficient (Wildman–Crippen LogP) is 3.20. The number of hydrogen-bond donors (Lipinski definition) is 1. The zero-order valence-electron chi connectivity index (χ0n) is 15.1. The van der Waals surface area contributed by atoms with Gasteiger partial charge in [0, 0.05) is 17.1 Å². The highest BCUT2D eigenvalue weighted by atomic mass is 16.5. The third-order valence-electron chi connectivity index (χ3n) is 4.66. The van der Waals surface area contributed by atoms with E-state index in [4.69, 9.17) is 9.26 Å². The standard InChI is InChI=1S/C20H19N3O4/c1-11-10-17(23-27-11)22-19(24)12(2)26-20(25)18-13-6-3-4-8-15(13)21-16-9-5-7-14(16)18/h3-4,6,8,10,12H,5,7,9H2,1-2H3,(H,22,23,24). The molecule has 1 aromatic carbocycles. The van der Waals surface area contributed by atoms with Crippen molar-refractivity contribution < 1.29 is 18.8 Å². The minimum Gasteiger partial charge on any atom is -0.449 e. The van der Waals surface area contributed by atoms with Crippen molar-refractivity contribution in [1.82, 2.24) is 10.1 Å². The Balaban J connectivity index is 1.59. The van der Waals surface area contributed by atoms with Gasteiger partial charge in [-0.05, 0) is 44.7 Å². The van der Waals surface area contributed by atoms with E-state index in [9.17, 15) is 9.59 Å². The number of benzene rings is 1. The van der Waals surface area contributed by atoms with Gasteiger partial charge in [-0.1, -0.05) is 23.4 Å². The summed E-state index contributed by atoms with van der Waals surface area (Å²) in [4.78, 5) is 29.9. The van der Waals surface area contributed by atoms with Gasteiger partial charge in [-0.25, -0.2) is 4.79 Å². The number of esters is 1. The molecule has 0 bridgehead atoms. The van der Waals surface area contributed by atoms with Gasteiger partial charge in [0.15, 0.2) is 11.9 Å². The minimum absolute atomic E-state index is 0.288. The number of amides is 1. The minimum atomic E-state index is -0.974. The van der Waals surface area contributed by atoms with Gasteiger partial charge in [0.1, 0.15) is 5.76 Å². The van der Waals surface area contributed by atoms with E-state index < -0.39 is 18.0 Å². The molecule has 27 heavy (non-hydrogen) atoms. The van der Waals surface area contributed by atoms with Crippen molar-refractivity contribution in [2.24, 2.45) is 0 Å². The van der Waals surface area contributed by atoms with Crippen LogP contribution < -0.4 is 5.32 Å². The molecule has 2 aromatic heterocycles. The summed E-state index contributed by atoms with van der Waals surface area (Å²) in [5, 5.41) is 7.04. The Labute approximate surface area is 155 Å². The fraction of sp³-hybridized carbons (Fsp3) is 0.300. The average molecular weight is 365 g/mol. The molecule has 0 radical (unpaired) electrons. The predicted molar refractivity (Wildman–Crippen MR) is 98.5 cm³/mol. The molecule has 1 atom stereocenters. The lowest BCUT2D eigenvalue weighted by atomic mass is 10.0. The number of aryl methyl sites for hydroxylation is 2. The van der Waals surface area contributed by atoms with Crippen LogP contribution in [0.2, 0.25) is 0 Å². The van der Waals surface area contributed by atoms with E-state index >= 15 is 0 Å². The van der Waals surface area contributed by atoms with Crippen LogP contribution in [0.1, 0.15) is 40.7 Å². The number of rotatable bonds is 4. The smallest absolute Gasteiger partial charge is 0.339 e. The van der Waals surface area contributed by atoms with Gasteiger partial charge in [-0.3, -0.25) is 9.78 Å². The van der Waals surface area contributed by atoms with Gasteiger partial charge in [0.2, 0.25) is 0 Å². The van der Waals surface area contributed by atoms with Crippen molar-refractivity contribution in [1.29, 1.82) is 0 Å². The van der Waals surface area contributed by atoms with E-state index in [1.54, 1.807) is 13.0 Å². The Morgan fingerprint density at radius 1 is 1.26 bits per heavy atom. The summed E-state index contributed by atoms with van der Waals surface area (Å²) in [7, 11) is 0. The van der Waals surface area contributed by atoms with Crippen LogP contribution in [0.15, 0.2) is 34.9 Å². The molecule has 1 aliphatic carbocycles. The summed E-state index contributed by atoms with van der Waals surface area (Å²) in [6.45, 7) is 3.25. The first-order chi connectivity index (χ1) is 13.0. The molecule has 1 unspecified atom stereocenters. The number of carbonyl (C=O) groups excluding carboxylic acids is 2. The van der Waals surface area contributed by atoms with Crippen molar-refractivity contribution in [3.8, 4) is 0 Å².